The Kier molecular flexibility index (Phi) is 10.4. The number of carbonyl (C=O) groups is 2. The van der Waals surface area contributed by atoms with Crippen LogP contribution < -0.4 is 14.4 Å². The number of likely N-dealkylation sites (N-methyl/N-ethyl adjacent to an activating group) is 1. The molecule has 0 spiro atoms. The van der Waals surface area contributed by atoms with Gasteiger partial charge >= 0.3 is 0 Å². The minimum atomic E-state index is -4.13. The van der Waals surface area contributed by atoms with Gasteiger partial charge in [0.25, 0.3) is 10.0 Å². The molecule has 0 heterocycles. The number of methoxy groups -OCH3 is 1. The van der Waals surface area contributed by atoms with Crippen molar-refractivity contribution >= 4 is 39.1 Å². The Labute approximate surface area is 235 Å². The summed E-state index contributed by atoms with van der Waals surface area (Å²) >= 11 is 6.04. The molecule has 208 valence electrons. The lowest BCUT2D eigenvalue weighted by Gasteiger charge is -2.33. The summed E-state index contributed by atoms with van der Waals surface area (Å²) in [5.74, 6) is -0.279. The van der Waals surface area contributed by atoms with E-state index in [-0.39, 0.29) is 17.3 Å². The highest BCUT2D eigenvalue weighted by molar-refractivity contribution is 7.92. The third-order valence-corrected chi connectivity index (χ3v) is 8.29. The van der Waals surface area contributed by atoms with E-state index < -0.39 is 28.5 Å². The highest BCUT2D eigenvalue weighted by atomic mass is 35.5. The topological polar surface area (TPSA) is 96.0 Å². The molecule has 3 aromatic carbocycles. The minimum Gasteiger partial charge on any atom is -0.497 e. The first-order valence-electron chi connectivity index (χ1n) is 12.7. The van der Waals surface area contributed by atoms with Crippen molar-refractivity contribution in [3.63, 3.8) is 0 Å². The summed E-state index contributed by atoms with van der Waals surface area (Å²) in [6, 6.07) is 19.0. The van der Waals surface area contributed by atoms with Crippen LogP contribution in [0.1, 0.15) is 31.4 Å². The van der Waals surface area contributed by atoms with Gasteiger partial charge in [-0.3, -0.25) is 13.9 Å². The molecule has 0 bridgehead atoms. The minimum absolute atomic E-state index is 0.0525. The number of hydrogen-bond donors (Lipinski definition) is 1. The van der Waals surface area contributed by atoms with E-state index in [1.807, 2.05) is 13.8 Å². The molecule has 0 saturated heterocycles. The molecule has 3 aromatic rings. The summed E-state index contributed by atoms with van der Waals surface area (Å²) in [6.45, 7) is 5.47. The van der Waals surface area contributed by atoms with Crippen LogP contribution in [-0.4, -0.2) is 51.4 Å². The van der Waals surface area contributed by atoms with Crippen LogP contribution in [0, 0.1) is 6.92 Å². The fourth-order valence-electron chi connectivity index (χ4n) is 4.11. The van der Waals surface area contributed by atoms with Crippen molar-refractivity contribution in [3.05, 3.63) is 88.9 Å². The number of aryl methyl sites for hydroxylation is 1. The smallest absolute Gasteiger partial charge is 0.264 e. The third-order valence-electron chi connectivity index (χ3n) is 6.25. The van der Waals surface area contributed by atoms with Gasteiger partial charge in [-0.15, -0.1) is 0 Å². The summed E-state index contributed by atoms with van der Waals surface area (Å²) in [6.07, 6.45) is 0.346. The third kappa shape index (κ3) is 7.52. The zero-order valence-corrected chi connectivity index (χ0v) is 24.1. The van der Waals surface area contributed by atoms with E-state index in [4.69, 9.17) is 16.3 Å². The van der Waals surface area contributed by atoms with Gasteiger partial charge < -0.3 is 15.0 Å². The van der Waals surface area contributed by atoms with Gasteiger partial charge in [0, 0.05) is 18.1 Å². The number of anilines is 1. The fourth-order valence-corrected chi connectivity index (χ4v) is 5.65. The van der Waals surface area contributed by atoms with Crippen LogP contribution in [0.15, 0.2) is 77.7 Å². The van der Waals surface area contributed by atoms with Crippen molar-refractivity contribution in [2.75, 3.05) is 24.5 Å². The van der Waals surface area contributed by atoms with Gasteiger partial charge in [0.15, 0.2) is 0 Å². The van der Waals surface area contributed by atoms with Crippen LogP contribution in [-0.2, 0) is 26.2 Å². The van der Waals surface area contributed by atoms with Gasteiger partial charge in [0.05, 0.1) is 17.7 Å². The first-order valence-corrected chi connectivity index (χ1v) is 14.5. The van der Waals surface area contributed by atoms with Crippen molar-refractivity contribution < 1.29 is 22.7 Å². The van der Waals surface area contributed by atoms with E-state index in [1.54, 1.807) is 67.6 Å². The molecule has 1 unspecified atom stereocenters. The number of halogens is 1. The Bertz CT molecular complexity index is 1360. The first-order chi connectivity index (χ1) is 18.6. The zero-order valence-electron chi connectivity index (χ0n) is 22.6. The standard InChI is InChI=1S/C29H34ClN3O5S/c1-5-27(29(35)31-6-2)32(19-22-9-11-23(30)12-10-22)28(34)20-33(24-13-15-25(38-4)16-14-24)39(36,37)26-17-7-21(3)8-18-26/h7-18,27H,5-6,19-20H2,1-4H3,(H,31,35). The Balaban J connectivity index is 2.05. The lowest BCUT2D eigenvalue weighted by molar-refractivity contribution is -0.140. The van der Waals surface area contributed by atoms with E-state index in [9.17, 15) is 18.0 Å². The number of nitrogens with one attached hydrogen (secondary N) is 1. The number of hydrogen-bond acceptors (Lipinski definition) is 5. The van der Waals surface area contributed by atoms with Gasteiger partial charge in [-0.05, 0) is 74.4 Å². The molecule has 0 saturated carbocycles. The summed E-state index contributed by atoms with van der Waals surface area (Å²) in [5.41, 5.74) is 1.96. The van der Waals surface area contributed by atoms with Crippen molar-refractivity contribution in [1.82, 2.24) is 10.2 Å². The average molecular weight is 572 g/mol. The lowest BCUT2D eigenvalue weighted by Crippen LogP contribution is -2.52. The van der Waals surface area contributed by atoms with Gasteiger partial charge in [-0.25, -0.2) is 8.42 Å². The van der Waals surface area contributed by atoms with E-state index in [2.05, 4.69) is 5.32 Å². The first kappa shape index (κ1) is 30.0. The van der Waals surface area contributed by atoms with Gasteiger partial charge in [0.2, 0.25) is 11.8 Å². The SMILES string of the molecule is CCNC(=O)C(CC)N(Cc1ccc(Cl)cc1)C(=O)CN(c1ccc(OC)cc1)S(=O)(=O)c1ccc(C)cc1. The Morgan fingerprint density at radius 3 is 2.10 bits per heavy atom. The summed E-state index contributed by atoms with van der Waals surface area (Å²) in [7, 11) is -2.62. The Hall–Kier alpha value is -3.56. The Morgan fingerprint density at radius 1 is 0.949 bits per heavy atom. The number of nitrogens with zero attached hydrogens (tertiary/aromatic N) is 2. The fraction of sp³-hybridized carbons (Fsp3) is 0.310. The quantitative estimate of drug-likeness (QED) is 0.337. The molecule has 0 radical (unpaired) electrons. The van der Waals surface area contributed by atoms with Gasteiger partial charge in [-0.1, -0.05) is 48.4 Å². The second kappa shape index (κ2) is 13.5. The molecule has 0 aliphatic rings. The molecule has 39 heavy (non-hydrogen) atoms. The van der Waals surface area contributed by atoms with Crippen LogP contribution >= 0.6 is 11.6 Å². The molecule has 3 rings (SSSR count). The summed E-state index contributed by atoms with van der Waals surface area (Å²) in [5, 5.41) is 3.33. The number of benzene rings is 3. The predicted molar refractivity (Wildman–Crippen MR) is 153 cm³/mol. The second-order valence-electron chi connectivity index (χ2n) is 8.99. The molecule has 0 aliphatic carbocycles. The molecule has 0 aromatic heterocycles. The van der Waals surface area contributed by atoms with Crippen LogP contribution in [0.2, 0.25) is 5.02 Å². The molecule has 2 amide bonds. The van der Waals surface area contributed by atoms with E-state index >= 15 is 0 Å². The molecule has 0 aliphatic heterocycles. The summed E-state index contributed by atoms with van der Waals surface area (Å²) < 4.78 is 34.0. The second-order valence-corrected chi connectivity index (χ2v) is 11.3. The number of rotatable bonds is 12. The lowest BCUT2D eigenvalue weighted by atomic mass is 10.1. The number of amides is 2. The van der Waals surface area contributed by atoms with E-state index in [1.165, 1.54) is 24.1 Å². The van der Waals surface area contributed by atoms with Crippen LogP contribution in [0.5, 0.6) is 5.75 Å². The molecule has 10 heteroatoms. The molecule has 1 atom stereocenters. The summed E-state index contributed by atoms with van der Waals surface area (Å²) in [4.78, 5) is 28.4. The molecule has 8 nitrogen and oxygen atoms in total. The zero-order chi connectivity index (χ0) is 28.6. The van der Waals surface area contributed by atoms with E-state index in [0.29, 0.717) is 29.4 Å². The number of carbonyl (C=O) groups excluding carboxylic acids is 2. The predicted octanol–water partition coefficient (Wildman–Crippen LogP) is 4.80. The van der Waals surface area contributed by atoms with E-state index in [0.717, 1.165) is 15.4 Å². The van der Waals surface area contributed by atoms with Crippen molar-refractivity contribution in [1.29, 1.82) is 0 Å². The number of sulfonamides is 1. The molecule has 1 N–H and O–H groups in total. The number of ether oxygens (including phenoxy) is 1. The maximum absolute atomic E-state index is 14.0. The Morgan fingerprint density at radius 2 is 1.56 bits per heavy atom. The van der Waals surface area contributed by atoms with Crippen LogP contribution in [0.3, 0.4) is 0 Å². The van der Waals surface area contributed by atoms with Crippen LogP contribution in [0.4, 0.5) is 5.69 Å². The largest absolute Gasteiger partial charge is 0.497 e. The molecule has 0 fully saturated rings. The molecular formula is C29H34ClN3O5S. The van der Waals surface area contributed by atoms with Crippen molar-refractivity contribution in [2.24, 2.45) is 0 Å². The van der Waals surface area contributed by atoms with Crippen LogP contribution in [0.25, 0.3) is 0 Å². The van der Waals surface area contributed by atoms with Crippen molar-refractivity contribution in [3.8, 4) is 5.75 Å². The monoisotopic (exact) mass is 571 g/mol. The average Bonchev–Trinajstić information content (AvgIpc) is 2.93. The van der Waals surface area contributed by atoms with Crippen molar-refractivity contribution in [2.45, 2.75) is 44.7 Å². The van der Waals surface area contributed by atoms with Gasteiger partial charge in [0.1, 0.15) is 18.3 Å². The maximum atomic E-state index is 14.0. The normalized spacial score (nSPS) is 11.9. The molecular weight excluding hydrogens is 538 g/mol. The highest BCUT2D eigenvalue weighted by Gasteiger charge is 2.33. The highest BCUT2D eigenvalue weighted by Crippen LogP contribution is 2.27. The maximum Gasteiger partial charge on any atom is 0.264 e. The van der Waals surface area contributed by atoms with Gasteiger partial charge in [-0.2, -0.15) is 0 Å².